The third kappa shape index (κ3) is 5.91. The van der Waals surface area contributed by atoms with Gasteiger partial charge in [-0.3, -0.25) is 9.69 Å². The fraction of sp³-hybridized carbons (Fsp3) is 0.435. The van der Waals surface area contributed by atoms with Gasteiger partial charge in [-0.1, -0.05) is 23.7 Å². The summed E-state index contributed by atoms with van der Waals surface area (Å²) in [5.74, 6) is -1.05. The molecule has 2 atom stereocenters. The Balaban J connectivity index is 1.79. The van der Waals surface area contributed by atoms with E-state index in [-0.39, 0.29) is 16.3 Å². The molecular formula is C23H26ClF3N2O4S. The van der Waals surface area contributed by atoms with Crippen molar-refractivity contribution in [3.05, 3.63) is 63.7 Å². The SMILES string of the molecule is Cc1cc(CC(=O)O)cc(S(=O)(=O)N2[C@H](C)CN(Cc3ccc(C(F)(F)F)c(Cl)c3)C[C@@H]2C)c1. The molecule has 1 saturated heterocycles. The summed E-state index contributed by atoms with van der Waals surface area (Å²) >= 11 is 5.83. The smallest absolute Gasteiger partial charge is 0.417 e. The molecule has 0 bridgehead atoms. The summed E-state index contributed by atoms with van der Waals surface area (Å²) in [5.41, 5.74) is 0.765. The Morgan fingerprint density at radius 2 is 1.71 bits per heavy atom. The van der Waals surface area contributed by atoms with Crippen LogP contribution < -0.4 is 0 Å². The van der Waals surface area contributed by atoms with Crippen molar-refractivity contribution in [2.24, 2.45) is 0 Å². The van der Waals surface area contributed by atoms with Gasteiger partial charge in [-0.15, -0.1) is 0 Å². The molecule has 1 aliphatic heterocycles. The summed E-state index contributed by atoms with van der Waals surface area (Å²) in [5, 5.41) is 8.71. The Hall–Kier alpha value is -2.14. The van der Waals surface area contributed by atoms with Crippen LogP contribution in [-0.4, -0.2) is 53.9 Å². The van der Waals surface area contributed by atoms with Crippen molar-refractivity contribution in [1.82, 2.24) is 9.21 Å². The highest BCUT2D eigenvalue weighted by molar-refractivity contribution is 7.89. The van der Waals surface area contributed by atoms with Gasteiger partial charge in [0.25, 0.3) is 0 Å². The van der Waals surface area contributed by atoms with E-state index in [9.17, 15) is 26.4 Å². The van der Waals surface area contributed by atoms with Crippen LogP contribution in [0, 0.1) is 6.92 Å². The highest BCUT2D eigenvalue weighted by atomic mass is 35.5. The third-order valence-corrected chi connectivity index (χ3v) is 8.12. The fourth-order valence-corrected chi connectivity index (χ4v) is 6.81. The van der Waals surface area contributed by atoms with Gasteiger partial charge in [0.1, 0.15) is 0 Å². The van der Waals surface area contributed by atoms with Gasteiger partial charge in [-0.25, -0.2) is 8.42 Å². The first-order valence-corrected chi connectivity index (χ1v) is 12.4. The van der Waals surface area contributed by atoms with E-state index in [0.717, 1.165) is 6.07 Å². The van der Waals surface area contributed by atoms with E-state index in [1.54, 1.807) is 26.8 Å². The van der Waals surface area contributed by atoms with Crippen LogP contribution >= 0.6 is 11.6 Å². The van der Waals surface area contributed by atoms with E-state index in [1.807, 2.05) is 4.90 Å². The Kier molecular flexibility index (Phi) is 7.66. The van der Waals surface area contributed by atoms with Crippen LogP contribution in [-0.2, 0) is 34.0 Å². The molecule has 1 aliphatic rings. The van der Waals surface area contributed by atoms with Gasteiger partial charge in [0.15, 0.2) is 0 Å². The molecule has 0 aliphatic carbocycles. The molecule has 1 heterocycles. The van der Waals surface area contributed by atoms with Crippen molar-refractivity contribution in [1.29, 1.82) is 0 Å². The van der Waals surface area contributed by atoms with Crippen molar-refractivity contribution in [2.45, 2.75) is 56.9 Å². The van der Waals surface area contributed by atoms with Gasteiger partial charge >= 0.3 is 12.1 Å². The number of alkyl halides is 3. The summed E-state index contributed by atoms with van der Waals surface area (Å²) in [7, 11) is -3.90. The summed E-state index contributed by atoms with van der Waals surface area (Å²) < 4.78 is 67.3. The Morgan fingerprint density at radius 3 is 2.24 bits per heavy atom. The summed E-state index contributed by atoms with van der Waals surface area (Å²) in [6.07, 6.45) is -4.81. The minimum atomic E-state index is -4.53. The zero-order valence-corrected chi connectivity index (χ0v) is 20.5. The number of benzene rings is 2. The lowest BCUT2D eigenvalue weighted by Gasteiger charge is -2.43. The van der Waals surface area contributed by atoms with Gasteiger partial charge in [0, 0.05) is 31.7 Å². The van der Waals surface area contributed by atoms with Crippen molar-refractivity contribution in [3.8, 4) is 0 Å². The minimum Gasteiger partial charge on any atom is -0.481 e. The van der Waals surface area contributed by atoms with E-state index in [0.29, 0.717) is 36.3 Å². The second kappa shape index (κ2) is 9.85. The molecule has 0 amide bonds. The molecule has 186 valence electrons. The van der Waals surface area contributed by atoms with Gasteiger partial charge in [-0.2, -0.15) is 17.5 Å². The van der Waals surface area contributed by atoms with Gasteiger partial charge < -0.3 is 5.11 Å². The van der Waals surface area contributed by atoms with Crippen LogP contribution in [0.25, 0.3) is 0 Å². The van der Waals surface area contributed by atoms with Crippen molar-refractivity contribution in [2.75, 3.05) is 13.1 Å². The second-order valence-corrected chi connectivity index (χ2v) is 11.0. The number of nitrogens with zero attached hydrogens (tertiary/aromatic N) is 2. The third-order valence-electron chi connectivity index (χ3n) is 5.70. The molecule has 2 aromatic rings. The zero-order valence-electron chi connectivity index (χ0n) is 18.9. The van der Waals surface area contributed by atoms with Crippen LogP contribution in [0.15, 0.2) is 41.3 Å². The van der Waals surface area contributed by atoms with Crippen molar-refractivity contribution < 1.29 is 31.5 Å². The van der Waals surface area contributed by atoms with Gasteiger partial charge in [0.2, 0.25) is 10.0 Å². The molecular weight excluding hydrogens is 493 g/mol. The zero-order chi connectivity index (χ0) is 25.4. The summed E-state index contributed by atoms with van der Waals surface area (Å²) in [6, 6.07) is 7.36. The first kappa shape index (κ1) is 26.5. The number of aryl methyl sites for hydroxylation is 1. The fourth-order valence-electron chi connectivity index (χ4n) is 4.54. The van der Waals surface area contributed by atoms with Crippen molar-refractivity contribution in [3.63, 3.8) is 0 Å². The number of rotatable bonds is 6. The standard InChI is InChI=1S/C23H26ClF3N2O4S/c1-14-6-18(10-22(30)31)8-19(7-14)34(32,33)29-15(2)11-28(12-16(29)3)13-17-4-5-20(21(24)9-17)23(25,26)27/h4-9,15-16H,10-13H2,1-3H3,(H,30,31)/t15-,16+. The number of hydrogen-bond acceptors (Lipinski definition) is 4. The average Bonchev–Trinajstić information content (AvgIpc) is 2.65. The van der Waals surface area contributed by atoms with E-state index in [2.05, 4.69) is 0 Å². The summed E-state index contributed by atoms with van der Waals surface area (Å²) in [4.78, 5) is 13.1. The number of sulfonamides is 1. The molecule has 0 unspecified atom stereocenters. The largest absolute Gasteiger partial charge is 0.481 e. The average molecular weight is 519 g/mol. The first-order chi connectivity index (χ1) is 15.7. The highest BCUT2D eigenvalue weighted by Gasteiger charge is 2.39. The van der Waals surface area contributed by atoms with Crippen LogP contribution in [0.5, 0.6) is 0 Å². The molecule has 1 N–H and O–H groups in total. The Bertz CT molecular complexity index is 1180. The number of carboxylic acids is 1. The number of carboxylic acid groups (broad SMARTS) is 1. The van der Waals surface area contributed by atoms with Crippen molar-refractivity contribution >= 4 is 27.6 Å². The molecule has 3 rings (SSSR count). The molecule has 2 aromatic carbocycles. The number of piperazine rings is 1. The molecule has 0 saturated carbocycles. The van der Waals surface area contributed by atoms with Crippen LogP contribution in [0.4, 0.5) is 13.2 Å². The molecule has 1 fully saturated rings. The number of aliphatic carboxylic acids is 1. The minimum absolute atomic E-state index is 0.0467. The molecule has 6 nitrogen and oxygen atoms in total. The monoisotopic (exact) mass is 518 g/mol. The first-order valence-electron chi connectivity index (χ1n) is 10.6. The normalized spacial score (nSPS) is 20.4. The van der Waals surface area contributed by atoms with E-state index in [4.69, 9.17) is 16.7 Å². The van der Waals surface area contributed by atoms with Gasteiger partial charge in [-0.05, 0) is 61.7 Å². The predicted octanol–water partition coefficient (Wildman–Crippen LogP) is 4.58. The second-order valence-electron chi connectivity index (χ2n) is 8.76. The van der Waals surface area contributed by atoms with E-state index >= 15 is 0 Å². The van der Waals surface area contributed by atoms with Crippen LogP contribution in [0.1, 0.15) is 36.1 Å². The topological polar surface area (TPSA) is 77.9 Å². The maximum atomic E-state index is 13.5. The molecule has 0 radical (unpaired) electrons. The lowest BCUT2D eigenvalue weighted by Crippen LogP contribution is -2.58. The lowest BCUT2D eigenvalue weighted by molar-refractivity contribution is -0.138. The van der Waals surface area contributed by atoms with E-state index in [1.165, 1.54) is 28.6 Å². The maximum Gasteiger partial charge on any atom is 0.417 e. The number of hydrogen-bond donors (Lipinski definition) is 1. The Morgan fingerprint density at radius 1 is 1.09 bits per heavy atom. The van der Waals surface area contributed by atoms with Crippen LogP contribution in [0.2, 0.25) is 5.02 Å². The van der Waals surface area contributed by atoms with Crippen LogP contribution in [0.3, 0.4) is 0 Å². The summed E-state index contributed by atoms with van der Waals surface area (Å²) in [6.45, 7) is 6.33. The highest BCUT2D eigenvalue weighted by Crippen LogP contribution is 2.35. The molecule has 11 heteroatoms. The molecule has 34 heavy (non-hydrogen) atoms. The maximum absolute atomic E-state index is 13.5. The van der Waals surface area contributed by atoms with Gasteiger partial charge in [0.05, 0.1) is 21.9 Å². The van der Waals surface area contributed by atoms with E-state index < -0.39 is 39.8 Å². The molecule has 0 aromatic heterocycles. The Labute approximate surface area is 202 Å². The number of halogens is 4. The predicted molar refractivity (Wildman–Crippen MR) is 122 cm³/mol. The quantitative estimate of drug-likeness (QED) is 0.606. The molecule has 0 spiro atoms. The lowest BCUT2D eigenvalue weighted by atomic mass is 10.1. The number of carbonyl (C=O) groups is 1.